The molecule has 0 aliphatic rings. The molecule has 0 heterocycles. The maximum atomic E-state index is 11.3. The summed E-state index contributed by atoms with van der Waals surface area (Å²) in [6, 6.07) is 14.6. The van der Waals surface area contributed by atoms with Crippen LogP contribution in [-0.2, 0) is 0 Å². The van der Waals surface area contributed by atoms with E-state index in [9.17, 15) is 22.1 Å². The zero-order valence-corrected chi connectivity index (χ0v) is 11.5. The Morgan fingerprint density at radius 3 is 2.00 bits per heavy atom. The molecule has 114 valence electrons. The molecule has 0 amide bonds. The first-order valence-corrected chi connectivity index (χ1v) is 6.14. The molecule has 0 N–H and O–H groups in total. The summed E-state index contributed by atoms with van der Waals surface area (Å²) in [5.41, 5.74) is 3.16. The van der Waals surface area contributed by atoms with Crippen LogP contribution in [0.1, 0.15) is 17.3 Å². The number of Topliss-reactive ketones (excluding diaryl/α,β-unsaturated/α-hetero) is 1. The Bertz CT molecular complexity index is 687. The van der Waals surface area contributed by atoms with Crippen molar-refractivity contribution < 1.29 is 22.1 Å². The number of hydrogen-bond acceptors (Lipinski definition) is 2. The van der Waals surface area contributed by atoms with Gasteiger partial charge in [0.25, 0.3) is 0 Å². The fraction of sp³-hybridized carbons (Fsp3) is 0.0714. The molecule has 0 aromatic heterocycles. The standard InChI is InChI=1S/C14H11N2O.BF4/c1-10(17)12-3-2-4-13(9-12)11-5-7-14(16-15)8-6-11;2-1(3,4)5/h2-9H,1H3;/q+1;-1. The van der Waals surface area contributed by atoms with Gasteiger partial charge in [0.2, 0.25) is 5.39 Å². The van der Waals surface area contributed by atoms with Crippen molar-refractivity contribution in [1.29, 1.82) is 5.39 Å². The number of diazo groups is 1. The minimum Gasteiger partial charge on any atom is -0.418 e. The average Bonchev–Trinajstić information content (AvgIpc) is 2.46. The molecule has 0 saturated heterocycles. The highest BCUT2D eigenvalue weighted by molar-refractivity contribution is 6.50. The van der Waals surface area contributed by atoms with Crippen LogP contribution < -0.4 is 0 Å². The number of ketones is 1. The Balaban J connectivity index is 0.000000422. The quantitative estimate of drug-likeness (QED) is 0.325. The molecular formula is C14H11BF4N2O. The summed E-state index contributed by atoms with van der Waals surface area (Å²) in [6.45, 7) is 1.55. The molecule has 2 rings (SSSR count). The summed E-state index contributed by atoms with van der Waals surface area (Å²) in [5, 5.41) is 8.60. The molecule has 0 fully saturated rings. The molecule has 0 spiro atoms. The molecule has 0 bridgehead atoms. The molecule has 0 aliphatic carbocycles. The predicted molar refractivity (Wildman–Crippen MR) is 76.8 cm³/mol. The van der Waals surface area contributed by atoms with Crippen molar-refractivity contribution >= 4 is 18.7 Å². The first-order chi connectivity index (χ1) is 10.2. The Labute approximate surface area is 124 Å². The highest BCUT2D eigenvalue weighted by Gasteiger charge is 2.20. The van der Waals surface area contributed by atoms with Gasteiger partial charge in [-0.3, -0.25) is 4.79 Å². The van der Waals surface area contributed by atoms with Gasteiger partial charge in [-0.1, -0.05) is 18.2 Å². The van der Waals surface area contributed by atoms with Crippen molar-refractivity contribution in [2.45, 2.75) is 6.92 Å². The number of halogens is 4. The zero-order valence-electron chi connectivity index (χ0n) is 11.5. The van der Waals surface area contributed by atoms with E-state index in [4.69, 9.17) is 5.39 Å². The second kappa shape index (κ2) is 7.36. The van der Waals surface area contributed by atoms with Crippen molar-refractivity contribution in [3.05, 3.63) is 59.1 Å². The highest BCUT2D eigenvalue weighted by atomic mass is 19.5. The van der Waals surface area contributed by atoms with Gasteiger partial charge in [-0.05, 0) is 36.2 Å². The van der Waals surface area contributed by atoms with E-state index in [0.29, 0.717) is 11.3 Å². The monoisotopic (exact) mass is 310 g/mol. The van der Waals surface area contributed by atoms with Gasteiger partial charge < -0.3 is 17.3 Å². The second-order valence-electron chi connectivity index (χ2n) is 4.28. The third kappa shape index (κ3) is 6.18. The van der Waals surface area contributed by atoms with Crippen molar-refractivity contribution in [2.75, 3.05) is 0 Å². The molecule has 0 radical (unpaired) electrons. The third-order valence-corrected chi connectivity index (χ3v) is 2.59. The number of carbonyl (C=O) groups is 1. The topological polar surface area (TPSA) is 45.2 Å². The smallest absolute Gasteiger partial charge is 0.418 e. The van der Waals surface area contributed by atoms with E-state index < -0.39 is 7.25 Å². The maximum absolute atomic E-state index is 11.3. The lowest BCUT2D eigenvalue weighted by Gasteiger charge is -2.02. The van der Waals surface area contributed by atoms with Crippen LogP contribution in [0.3, 0.4) is 0 Å². The first-order valence-electron chi connectivity index (χ1n) is 6.14. The van der Waals surface area contributed by atoms with Crippen LogP contribution >= 0.6 is 0 Å². The van der Waals surface area contributed by atoms with Gasteiger partial charge >= 0.3 is 12.9 Å². The number of hydrogen-bond donors (Lipinski definition) is 0. The molecule has 22 heavy (non-hydrogen) atoms. The summed E-state index contributed by atoms with van der Waals surface area (Å²) < 4.78 is 39.0. The third-order valence-electron chi connectivity index (χ3n) is 2.59. The second-order valence-corrected chi connectivity index (χ2v) is 4.28. The van der Waals surface area contributed by atoms with Crippen LogP contribution in [0.15, 0.2) is 48.5 Å². The number of rotatable bonds is 2. The number of carbonyl (C=O) groups excluding carboxylic acids is 1. The lowest BCUT2D eigenvalue weighted by Crippen LogP contribution is -2.02. The predicted octanol–water partition coefficient (Wildman–Crippen LogP) is 5.34. The fourth-order valence-electron chi connectivity index (χ4n) is 1.64. The van der Waals surface area contributed by atoms with Crippen LogP contribution in [0.2, 0.25) is 0 Å². The molecule has 0 unspecified atom stereocenters. The van der Waals surface area contributed by atoms with E-state index in [1.807, 2.05) is 30.3 Å². The minimum atomic E-state index is -6.00. The lowest BCUT2D eigenvalue weighted by molar-refractivity contribution is 0.101. The van der Waals surface area contributed by atoms with E-state index in [-0.39, 0.29) is 5.78 Å². The summed E-state index contributed by atoms with van der Waals surface area (Å²) in [7, 11) is -6.00. The molecule has 0 aliphatic heterocycles. The first kappa shape index (κ1) is 17.4. The molecular weight excluding hydrogens is 299 g/mol. The summed E-state index contributed by atoms with van der Waals surface area (Å²) >= 11 is 0. The Kier molecular flexibility index (Phi) is 5.81. The normalized spacial score (nSPS) is 10.2. The Morgan fingerprint density at radius 2 is 1.55 bits per heavy atom. The van der Waals surface area contributed by atoms with Gasteiger partial charge in [0.15, 0.2) is 10.8 Å². The average molecular weight is 310 g/mol. The van der Waals surface area contributed by atoms with Crippen molar-refractivity contribution in [2.24, 2.45) is 0 Å². The Hall–Kier alpha value is -2.69. The SMILES string of the molecule is CC(=O)c1cccc(-c2ccc([N+]#N)cc2)c1.F[B-](F)(F)F. The van der Waals surface area contributed by atoms with Crippen LogP contribution in [0, 0.1) is 5.39 Å². The van der Waals surface area contributed by atoms with Crippen LogP contribution in [0.4, 0.5) is 23.0 Å². The van der Waals surface area contributed by atoms with Gasteiger partial charge in [-0.2, -0.15) is 0 Å². The van der Waals surface area contributed by atoms with Crippen molar-refractivity contribution in [1.82, 2.24) is 0 Å². The largest absolute Gasteiger partial charge is 0.673 e. The molecule has 2 aromatic carbocycles. The van der Waals surface area contributed by atoms with Crippen LogP contribution in [0.5, 0.6) is 0 Å². The number of benzene rings is 2. The van der Waals surface area contributed by atoms with Crippen LogP contribution in [-0.4, -0.2) is 13.0 Å². The van der Waals surface area contributed by atoms with Gasteiger partial charge in [-0.25, -0.2) is 0 Å². The highest BCUT2D eigenvalue weighted by Crippen LogP contribution is 2.23. The fourth-order valence-corrected chi connectivity index (χ4v) is 1.64. The molecule has 8 heteroatoms. The van der Waals surface area contributed by atoms with Crippen molar-refractivity contribution in [3.8, 4) is 11.1 Å². The Morgan fingerprint density at radius 1 is 1.00 bits per heavy atom. The number of nitrogens with zero attached hydrogens (tertiary/aromatic N) is 2. The van der Waals surface area contributed by atoms with Gasteiger partial charge in [0.05, 0.1) is 0 Å². The van der Waals surface area contributed by atoms with Crippen molar-refractivity contribution in [3.63, 3.8) is 0 Å². The maximum Gasteiger partial charge on any atom is 0.673 e. The zero-order chi connectivity index (χ0) is 16.8. The summed E-state index contributed by atoms with van der Waals surface area (Å²) in [5.74, 6) is 0.0498. The van der Waals surface area contributed by atoms with E-state index in [0.717, 1.165) is 11.1 Å². The van der Waals surface area contributed by atoms with Crippen LogP contribution in [0.25, 0.3) is 16.1 Å². The summed E-state index contributed by atoms with van der Waals surface area (Å²) in [4.78, 5) is 14.4. The lowest BCUT2D eigenvalue weighted by atomic mass is 10.0. The minimum absolute atomic E-state index is 0.0498. The van der Waals surface area contributed by atoms with E-state index in [1.54, 1.807) is 25.1 Å². The summed E-state index contributed by atoms with van der Waals surface area (Å²) in [6.07, 6.45) is 0. The van der Waals surface area contributed by atoms with E-state index in [1.165, 1.54) is 0 Å². The molecule has 0 atom stereocenters. The van der Waals surface area contributed by atoms with E-state index in [2.05, 4.69) is 4.98 Å². The van der Waals surface area contributed by atoms with Gasteiger partial charge in [0, 0.05) is 17.7 Å². The van der Waals surface area contributed by atoms with E-state index >= 15 is 0 Å². The molecule has 3 nitrogen and oxygen atoms in total. The molecule has 0 saturated carbocycles. The molecule has 2 aromatic rings. The van der Waals surface area contributed by atoms with Gasteiger partial charge in [0.1, 0.15) is 0 Å². The van der Waals surface area contributed by atoms with Gasteiger partial charge in [-0.15, -0.1) is 0 Å².